The van der Waals surface area contributed by atoms with Crippen molar-refractivity contribution >= 4 is 12.0 Å². The molecule has 1 aliphatic heterocycles. The summed E-state index contributed by atoms with van der Waals surface area (Å²) in [5.41, 5.74) is 3.06. The number of ether oxygens (including phenoxy) is 1. The smallest absolute Gasteiger partial charge is 0.145 e. The minimum absolute atomic E-state index is 0.198. The third kappa shape index (κ3) is 5.28. The van der Waals surface area contributed by atoms with E-state index in [9.17, 15) is 9.18 Å². The van der Waals surface area contributed by atoms with Crippen molar-refractivity contribution in [2.45, 2.75) is 20.4 Å². The standard InChI is InChI=1S/C19H25FN2O2/c1-15(10-16(2)14-23)12-21(3)18-5-4-17(19(20)11-18)13-22-6-8-24-9-7-22/h4-5,10-12,14H,6-9,13H2,1-3H3/b15-12-,16-10-. The van der Waals surface area contributed by atoms with E-state index >= 15 is 0 Å². The molecule has 0 aliphatic carbocycles. The number of halogens is 1. The second-order valence-corrected chi connectivity index (χ2v) is 6.15. The van der Waals surface area contributed by atoms with Gasteiger partial charge in [-0.15, -0.1) is 0 Å². The van der Waals surface area contributed by atoms with Crippen LogP contribution in [0.3, 0.4) is 0 Å². The van der Waals surface area contributed by atoms with Gasteiger partial charge < -0.3 is 9.64 Å². The van der Waals surface area contributed by atoms with Gasteiger partial charge in [-0.25, -0.2) is 4.39 Å². The van der Waals surface area contributed by atoms with Crippen molar-refractivity contribution in [3.8, 4) is 0 Å². The Hall–Kier alpha value is -1.98. The number of rotatable bonds is 6. The Kier molecular flexibility index (Phi) is 6.70. The van der Waals surface area contributed by atoms with Crippen LogP contribution in [0.2, 0.25) is 0 Å². The van der Waals surface area contributed by atoms with E-state index < -0.39 is 0 Å². The van der Waals surface area contributed by atoms with Crippen LogP contribution in [-0.4, -0.2) is 44.5 Å². The van der Waals surface area contributed by atoms with Gasteiger partial charge in [0.05, 0.1) is 13.2 Å². The van der Waals surface area contributed by atoms with E-state index in [1.807, 2.05) is 37.2 Å². The first-order valence-electron chi connectivity index (χ1n) is 8.13. The summed E-state index contributed by atoms with van der Waals surface area (Å²) in [7, 11) is 1.87. The molecular weight excluding hydrogens is 307 g/mol. The number of benzene rings is 1. The first-order chi connectivity index (χ1) is 11.5. The lowest BCUT2D eigenvalue weighted by Crippen LogP contribution is -2.35. The van der Waals surface area contributed by atoms with Gasteiger partial charge in [0.1, 0.15) is 12.1 Å². The molecule has 0 unspecified atom stereocenters. The molecule has 1 aromatic carbocycles. The zero-order valence-electron chi connectivity index (χ0n) is 14.6. The summed E-state index contributed by atoms with van der Waals surface area (Å²) in [5, 5.41) is 0. The van der Waals surface area contributed by atoms with Crippen molar-refractivity contribution in [2.24, 2.45) is 0 Å². The quantitative estimate of drug-likeness (QED) is 0.455. The zero-order chi connectivity index (χ0) is 17.5. The largest absolute Gasteiger partial charge is 0.379 e. The van der Waals surface area contributed by atoms with Crippen LogP contribution in [0.1, 0.15) is 19.4 Å². The molecular formula is C19H25FN2O2. The Morgan fingerprint density at radius 2 is 2.00 bits per heavy atom. The average Bonchev–Trinajstić information content (AvgIpc) is 2.57. The van der Waals surface area contributed by atoms with Crippen LogP contribution in [0.25, 0.3) is 0 Å². The van der Waals surface area contributed by atoms with Gasteiger partial charge in [-0.2, -0.15) is 0 Å². The molecule has 1 heterocycles. The van der Waals surface area contributed by atoms with E-state index in [0.717, 1.165) is 30.6 Å². The number of carbonyl (C=O) groups excluding carboxylic acids is 1. The molecule has 0 atom stereocenters. The molecule has 5 heteroatoms. The molecule has 24 heavy (non-hydrogen) atoms. The van der Waals surface area contributed by atoms with Crippen molar-refractivity contribution in [1.82, 2.24) is 4.90 Å². The Morgan fingerprint density at radius 3 is 2.62 bits per heavy atom. The van der Waals surface area contributed by atoms with Gasteiger partial charge in [0.25, 0.3) is 0 Å². The lowest BCUT2D eigenvalue weighted by Gasteiger charge is -2.27. The SMILES string of the molecule is C/C(C=O)=C/C(C)=C\N(C)c1ccc(CN2CCOCC2)c(F)c1. The highest BCUT2D eigenvalue weighted by Gasteiger charge is 2.13. The Morgan fingerprint density at radius 1 is 1.29 bits per heavy atom. The van der Waals surface area contributed by atoms with E-state index in [1.54, 1.807) is 19.1 Å². The summed E-state index contributed by atoms with van der Waals surface area (Å²) >= 11 is 0. The fourth-order valence-electron chi connectivity index (χ4n) is 2.69. The van der Waals surface area contributed by atoms with Crippen LogP contribution in [0.15, 0.2) is 41.6 Å². The predicted molar refractivity (Wildman–Crippen MR) is 94.5 cm³/mol. The van der Waals surface area contributed by atoms with Crippen LogP contribution in [-0.2, 0) is 16.1 Å². The van der Waals surface area contributed by atoms with E-state index in [-0.39, 0.29) is 5.82 Å². The Labute approximate surface area is 143 Å². The lowest BCUT2D eigenvalue weighted by molar-refractivity contribution is -0.104. The monoisotopic (exact) mass is 332 g/mol. The first kappa shape index (κ1) is 18.4. The maximum absolute atomic E-state index is 14.4. The molecule has 1 fully saturated rings. The number of anilines is 1. The summed E-state index contributed by atoms with van der Waals surface area (Å²) in [6, 6.07) is 5.31. The molecule has 4 nitrogen and oxygen atoms in total. The van der Waals surface area contributed by atoms with Gasteiger partial charge in [-0.05, 0) is 37.1 Å². The maximum atomic E-state index is 14.4. The number of allylic oxidation sites excluding steroid dienone is 3. The van der Waals surface area contributed by atoms with E-state index in [2.05, 4.69) is 4.90 Å². The molecule has 0 spiro atoms. The molecule has 0 saturated carbocycles. The maximum Gasteiger partial charge on any atom is 0.145 e. The predicted octanol–water partition coefficient (Wildman–Crippen LogP) is 3.14. The van der Waals surface area contributed by atoms with Crippen LogP contribution in [0.5, 0.6) is 0 Å². The molecule has 1 aliphatic rings. The molecule has 2 rings (SSSR count). The molecule has 1 saturated heterocycles. The Bertz CT molecular complexity index is 634. The van der Waals surface area contributed by atoms with Gasteiger partial charge in [-0.3, -0.25) is 9.69 Å². The normalized spacial score (nSPS) is 17.0. The van der Waals surface area contributed by atoms with Gasteiger partial charge in [-0.1, -0.05) is 12.1 Å². The molecule has 0 radical (unpaired) electrons. The summed E-state index contributed by atoms with van der Waals surface area (Å²) < 4.78 is 19.7. The van der Waals surface area contributed by atoms with Crippen LogP contribution < -0.4 is 4.90 Å². The number of nitrogens with zero attached hydrogens (tertiary/aromatic N) is 2. The second-order valence-electron chi connectivity index (χ2n) is 6.15. The van der Waals surface area contributed by atoms with E-state index in [4.69, 9.17) is 4.74 Å². The van der Waals surface area contributed by atoms with Crippen molar-refractivity contribution in [3.63, 3.8) is 0 Å². The number of hydrogen-bond acceptors (Lipinski definition) is 4. The minimum Gasteiger partial charge on any atom is -0.379 e. The molecule has 130 valence electrons. The van der Waals surface area contributed by atoms with Crippen molar-refractivity contribution < 1.29 is 13.9 Å². The fraction of sp³-hybridized carbons (Fsp3) is 0.421. The van der Waals surface area contributed by atoms with Crippen LogP contribution >= 0.6 is 0 Å². The number of aldehydes is 1. The zero-order valence-corrected chi connectivity index (χ0v) is 14.6. The topological polar surface area (TPSA) is 32.8 Å². The molecule has 1 aromatic rings. The number of carbonyl (C=O) groups is 1. The molecule has 0 bridgehead atoms. The molecule has 0 amide bonds. The van der Waals surface area contributed by atoms with Crippen molar-refractivity contribution in [3.05, 3.63) is 53.0 Å². The lowest BCUT2D eigenvalue weighted by atomic mass is 10.1. The number of hydrogen-bond donors (Lipinski definition) is 0. The van der Waals surface area contributed by atoms with Gasteiger partial charge in [0.2, 0.25) is 0 Å². The fourth-order valence-corrected chi connectivity index (χ4v) is 2.69. The van der Waals surface area contributed by atoms with E-state index in [1.165, 1.54) is 0 Å². The third-order valence-electron chi connectivity index (χ3n) is 3.98. The van der Waals surface area contributed by atoms with Crippen molar-refractivity contribution in [2.75, 3.05) is 38.3 Å². The first-order valence-corrected chi connectivity index (χ1v) is 8.13. The highest BCUT2D eigenvalue weighted by molar-refractivity contribution is 5.73. The highest BCUT2D eigenvalue weighted by Crippen LogP contribution is 2.20. The summed E-state index contributed by atoms with van der Waals surface area (Å²) in [4.78, 5) is 14.7. The van der Waals surface area contributed by atoms with Gasteiger partial charge in [0, 0.05) is 44.1 Å². The Balaban J connectivity index is 2.07. The van der Waals surface area contributed by atoms with Crippen LogP contribution in [0.4, 0.5) is 10.1 Å². The summed E-state index contributed by atoms with van der Waals surface area (Å²) in [5.74, 6) is -0.198. The third-order valence-corrected chi connectivity index (χ3v) is 3.98. The molecule has 0 N–H and O–H groups in total. The van der Waals surface area contributed by atoms with Crippen molar-refractivity contribution in [1.29, 1.82) is 0 Å². The average molecular weight is 332 g/mol. The minimum atomic E-state index is -0.198. The van der Waals surface area contributed by atoms with E-state index in [0.29, 0.717) is 30.9 Å². The second kappa shape index (κ2) is 8.76. The summed E-state index contributed by atoms with van der Waals surface area (Å²) in [6.45, 7) is 7.36. The highest BCUT2D eigenvalue weighted by atomic mass is 19.1. The van der Waals surface area contributed by atoms with Crippen LogP contribution in [0, 0.1) is 5.82 Å². The van der Waals surface area contributed by atoms with Gasteiger partial charge in [0.15, 0.2) is 0 Å². The molecule has 0 aromatic heterocycles. The number of morpholine rings is 1. The van der Waals surface area contributed by atoms with Gasteiger partial charge >= 0.3 is 0 Å². The summed E-state index contributed by atoms with van der Waals surface area (Å²) in [6.07, 6.45) is 4.49.